The van der Waals surface area contributed by atoms with Crippen LogP contribution in [-0.4, -0.2) is 39.1 Å². The number of carbonyl (C=O) groups excluding carboxylic acids is 2. The second-order valence-electron chi connectivity index (χ2n) is 7.28. The van der Waals surface area contributed by atoms with Crippen molar-refractivity contribution in [3.8, 4) is 0 Å². The summed E-state index contributed by atoms with van der Waals surface area (Å²) in [6.45, 7) is 3.99. The number of rotatable bonds is 4. The third kappa shape index (κ3) is 4.12. The summed E-state index contributed by atoms with van der Waals surface area (Å²) in [6, 6.07) is 7.62. The van der Waals surface area contributed by atoms with Gasteiger partial charge in [0.25, 0.3) is 5.91 Å². The topological polar surface area (TPSA) is 97.6 Å². The second-order valence-corrected chi connectivity index (χ2v) is 7.28. The Bertz CT molecular complexity index is 1060. The lowest BCUT2D eigenvalue weighted by atomic mass is 9.96. The number of hydrogen-bond donors (Lipinski definition) is 2. The monoisotopic (exact) mass is 393 g/mol. The van der Waals surface area contributed by atoms with Crippen LogP contribution >= 0.6 is 0 Å². The Balaban J connectivity index is 1.56. The number of hydrogen-bond acceptors (Lipinski definition) is 5. The van der Waals surface area contributed by atoms with E-state index >= 15 is 0 Å². The van der Waals surface area contributed by atoms with Crippen molar-refractivity contribution in [1.82, 2.24) is 19.9 Å². The minimum atomic E-state index is -0.280. The van der Waals surface area contributed by atoms with Gasteiger partial charge in [0.05, 0.1) is 12.3 Å². The van der Waals surface area contributed by atoms with E-state index in [0.717, 1.165) is 17.5 Å². The van der Waals surface area contributed by atoms with E-state index in [-0.39, 0.29) is 24.0 Å². The van der Waals surface area contributed by atoms with E-state index in [1.54, 1.807) is 10.7 Å². The molecule has 0 aliphatic carbocycles. The van der Waals surface area contributed by atoms with Gasteiger partial charge in [0.15, 0.2) is 5.65 Å². The first-order valence-corrected chi connectivity index (χ1v) is 9.60. The van der Waals surface area contributed by atoms with Crippen LogP contribution in [0.2, 0.25) is 0 Å². The standard InChI is InChI=1S/C21H23N5O3/c1-13-10-22-20-17(11-23-26(20)12-13)21(28)25-18-6-4-3-5-16(18)19-9-15(7-8-29-19)24-14(2)27/h3-6,10-12,15,19H,7-9H2,1-2H3,(H,24,27)(H,25,28)/t15-,19+/m1/s1. The molecule has 1 fully saturated rings. The van der Waals surface area contributed by atoms with E-state index in [9.17, 15) is 9.59 Å². The lowest BCUT2D eigenvalue weighted by Crippen LogP contribution is -2.38. The molecule has 4 rings (SSSR count). The number of amides is 2. The number of ether oxygens (including phenoxy) is 1. The molecule has 0 spiro atoms. The van der Waals surface area contributed by atoms with Crippen LogP contribution in [-0.2, 0) is 9.53 Å². The molecule has 2 amide bonds. The molecular formula is C21H23N5O3. The van der Waals surface area contributed by atoms with E-state index in [1.165, 1.54) is 13.1 Å². The van der Waals surface area contributed by atoms with Crippen LogP contribution in [0.15, 0.2) is 42.9 Å². The van der Waals surface area contributed by atoms with Gasteiger partial charge in [0.1, 0.15) is 5.56 Å². The van der Waals surface area contributed by atoms with Gasteiger partial charge >= 0.3 is 0 Å². The van der Waals surface area contributed by atoms with Crippen molar-refractivity contribution < 1.29 is 14.3 Å². The lowest BCUT2D eigenvalue weighted by Gasteiger charge is -2.31. The fourth-order valence-electron chi connectivity index (χ4n) is 3.64. The van der Waals surface area contributed by atoms with Gasteiger partial charge in [-0.3, -0.25) is 9.59 Å². The zero-order valence-electron chi connectivity index (χ0n) is 16.4. The molecule has 0 radical (unpaired) electrons. The average Bonchev–Trinajstić information content (AvgIpc) is 3.11. The molecule has 1 aromatic carbocycles. The fraction of sp³-hybridized carbons (Fsp3) is 0.333. The van der Waals surface area contributed by atoms with Crippen molar-refractivity contribution in [2.24, 2.45) is 0 Å². The van der Waals surface area contributed by atoms with Gasteiger partial charge in [-0.25, -0.2) is 9.50 Å². The maximum Gasteiger partial charge on any atom is 0.261 e. The Morgan fingerprint density at radius 3 is 2.90 bits per heavy atom. The zero-order chi connectivity index (χ0) is 20.4. The molecule has 3 aromatic rings. The van der Waals surface area contributed by atoms with Gasteiger partial charge in [0.2, 0.25) is 5.91 Å². The van der Waals surface area contributed by atoms with Crippen molar-refractivity contribution in [3.05, 3.63) is 59.5 Å². The zero-order valence-corrected chi connectivity index (χ0v) is 16.4. The molecule has 8 heteroatoms. The maximum absolute atomic E-state index is 12.9. The Hall–Kier alpha value is -3.26. The molecule has 1 saturated heterocycles. The predicted molar refractivity (Wildman–Crippen MR) is 108 cm³/mol. The molecule has 2 N–H and O–H groups in total. The first-order valence-electron chi connectivity index (χ1n) is 9.60. The summed E-state index contributed by atoms with van der Waals surface area (Å²) in [5, 5.41) is 10.2. The highest BCUT2D eigenvalue weighted by Gasteiger charge is 2.27. The summed E-state index contributed by atoms with van der Waals surface area (Å²) in [5.74, 6) is -0.328. The number of para-hydroxylation sites is 1. The van der Waals surface area contributed by atoms with Gasteiger partial charge in [-0.1, -0.05) is 18.2 Å². The molecule has 150 valence electrons. The minimum Gasteiger partial charge on any atom is -0.373 e. The predicted octanol–water partition coefficient (Wildman–Crippen LogP) is 2.65. The number of benzene rings is 1. The van der Waals surface area contributed by atoms with Gasteiger partial charge in [-0.2, -0.15) is 5.10 Å². The number of anilines is 1. The van der Waals surface area contributed by atoms with Crippen molar-refractivity contribution in [2.75, 3.05) is 11.9 Å². The highest BCUT2D eigenvalue weighted by atomic mass is 16.5. The van der Waals surface area contributed by atoms with E-state index in [1.807, 2.05) is 37.4 Å². The molecule has 8 nitrogen and oxygen atoms in total. The molecule has 1 aliphatic rings. The number of nitrogens with one attached hydrogen (secondary N) is 2. The Kier molecular flexibility index (Phi) is 5.26. The molecule has 3 heterocycles. The van der Waals surface area contributed by atoms with Crippen molar-refractivity contribution in [2.45, 2.75) is 38.8 Å². The summed E-state index contributed by atoms with van der Waals surface area (Å²) in [7, 11) is 0. The van der Waals surface area contributed by atoms with Crippen LogP contribution < -0.4 is 10.6 Å². The third-order valence-electron chi connectivity index (χ3n) is 4.98. The molecule has 1 aliphatic heterocycles. The Morgan fingerprint density at radius 1 is 1.24 bits per heavy atom. The largest absolute Gasteiger partial charge is 0.373 e. The normalized spacial score (nSPS) is 19.1. The Labute approximate surface area is 168 Å². The van der Waals surface area contributed by atoms with Crippen LogP contribution in [0.5, 0.6) is 0 Å². The average molecular weight is 393 g/mol. The van der Waals surface area contributed by atoms with Crippen LogP contribution in [0.3, 0.4) is 0 Å². The number of nitrogens with zero attached hydrogens (tertiary/aromatic N) is 3. The smallest absolute Gasteiger partial charge is 0.261 e. The first kappa shape index (κ1) is 19.1. The second kappa shape index (κ2) is 8.00. The summed E-state index contributed by atoms with van der Waals surface area (Å²) < 4.78 is 7.54. The molecule has 0 bridgehead atoms. The van der Waals surface area contributed by atoms with Crippen LogP contribution in [0, 0.1) is 6.92 Å². The maximum atomic E-state index is 12.9. The van der Waals surface area contributed by atoms with Crippen molar-refractivity contribution in [1.29, 1.82) is 0 Å². The summed E-state index contributed by atoms with van der Waals surface area (Å²) in [6.07, 6.45) is 6.28. The highest BCUT2D eigenvalue weighted by Crippen LogP contribution is 2.33. The summed E-state index contributed by atoms with van der Waals surface area (Å²) in [5.41, 5.74) is 3.43. The first-order chi connectivity index (χ1) is 14.0. The SMILES string of the molecule is CC(=O)N[C@@H]1CCO[C@H](c2ccccc2NC(=O)c2cnn3cc(C)cnc23)C1. The highest BCUT2D eigenvalue weighted by molar-refractivity contribution is 6.08. The fourth-order valence-corrected chi connectivity index (χ4v) is 3.64. The third-order valence-corrected chi connectivity index (χ3v) is 4.98. The van der Waals surface area contributed by atoms with E-state index in [0.29, 0.717) is 29.9 Å². The van der Waals surface area contributed by atoms with Gasteiger partial charge in [-0.15, -0.1) is 0 Å². The quantitative estimate of drug-likeness (QED) is 0.710. The van der Waals surface area contributed by atoms with E-state index < -0.39 is 0 Å². The van der Waals surface area contributed by atoms with Crippen LogP contribution in [0.1, 0.15) is 47.4 Å². The molecule has 29 heavy (non-hydrogen) atoms. The molecule has 0 saturated carbocycles. The minimum absolute atomic E-state index is 0.0481. The summed E-state index contributed by atoms with van der Waals surface area (Å²) >= 11 is 0. The Morgan fingerprint density at radius 2 is 2.07 bits per heavy atom. The number of carbonyl (C=O) groups is 2. The number of aromatic nitrogens is 3. The van der Waals surface area contributed by atoms with E-state index in [2.05, 4.69) is 20.7 Å². The van der Waals surface area contributed by atoms with Gasteiger partial charge < -0.3 is 15.4 Å². The molecule has 2 atom stereocenters. The van der Waals surface area contributed by atoms with Crippen molar-refractivity contribution >= 4 is 23.1 Å². The molecular weight excluding hydrogens is 370 g/mol. The van der Waals surface area contributed by atoms with Gasteiger partial charge in [0, 0.05) is 43.2 Å². The van der Waals surface area contributed by atoms with E-state index in [4.69, 9.17) is 4.74 Å². The molecule has 2 aromatic heterocycles. The molecule has 0 unspecified atom stereocenters. The number of aryl methyl sites for hydroxylation is 1. The lowest BCUT2D eigenvalue weighted by molar-refractivity contribution is -0.120. The van der Waals surface area contributed by atoms with Gasteiger partial charge in [-0.05, 0) is 31.4 Å². The summed E-state index contributed by atoms with van der Waals surface area (Å²) in [4.78, 5) is 28.6. The number of fused-ring (bicyclic) bond motifs is 1. The van der Waals surface area contributed by atoms with Crippen molar-refractivity contribution in [3.63, 3.8) is 0 Å². The van der Waals surface area contributed by atoms with Crippen LogP contribution in [0.4, 0.5) is 5.69 Å². The van der Waals surface area contributed by atoms with Crippen LogP contribution in [0.25, 0.3) is 5.65 Å².